The van der Waals surface area contributed by atoms with Crippen LogP contribution in [0.1, 0.15) is 27.7 Å². The largest absolute Gasteiger partial charge is 0.492 e. The minimum Gasteiger partial charge on any atom is -0.492 e. The molecule has 5 nitrogen and oxygen atoms in total. The topological polar surface area (TPSA) is 37.7 Å². The van der Waals surface area contributed by atoms with E-state index in [9.17, 15) is 4.79 Å². The Labute approximate surface area is 193 Å². The third-order valence-corrected chi connectivity index (χ3v) is 6.60. The van der Waals surface area contributed by atoms with Crippen molar-refractivity contribution >= 4 is 37.7 Å². The van der Waals surface area contributed by atoms with E-state index in [1.807, 2.05) is 36.4 Å². The summed E-state index contributed by atoms with van der Waals surface area (Å²) in [7, 11) is 0. The Bertz CT molecular complexity index is 1070. The molecule has 6 heteroatoms. The summed E-state index contributed by atoms with van der Waals surface area (Å²) in [6.45, 7) is 16.0. The zero-order valence-corrected chi connectivity index (χ0v) is 20.7. The summed E-state index contributed by atoms with van der Waals surface area (Å²) in [5.74, 6) is 0.810. The van der Waals surface area contributed by atoms with Crippen molar-refractivity contribution in [3.05, 3.63) is 51.1 Å². The summed E-state index contributed by atoms with van der Waals surface area (Å²) < 4.78 is 9.31. The number of pyridine rings is 1. The minimum atomic E-state index is 0.0753. The van der Waals surface area contributed by atoms with Crippen molar-refractivity contribution < 1.29 is 4.74 Å². The van der Waals surface area contributed by atoms with Crippen LogP contribution < -0.4 is 10.2 Å². The van der Waals surface area contributed by atoms with Gasteiger partial charge in [-0.2, -0.15) is 0 Å². The van der Waals surface area contributed by atoms with Gasteiger partial charge in [0.25, 0.3) is 0 Å². The number of hydrogen-bond donors (Lipinski definition) is 0. The molecule has 0 saturated carbocycles. The predicted octanol–water partition coefficient (Wildman–Crippen LogP) is 4.98. The second-order valence-electron chi connectivity index (χ2n) is 7.72. The van der Waals surface area contributed by atoms with Crippen LogP contribution in [0.3, 0.4) is 0 Å². The maximum absolute atomic E-state index is 13.2. The van der Waals surface area contributed by atoms with Crippen LogP contribution in [-0.2, 0) is 6.54 Å². The molecular formula is C25H34BrN3O2. The molecule has 0 bridgehead atoms. The molecule has 3 rings (SSSR count). The molecule has 0 atom stereocenters. The number of fused-ring (bicyclic) bond motifs is 2. The fraction of sp³-hybridized carbons (Fsp3) is 0.480. The first kappa shape index (κ1) is 23.8. The number of rotatable bonds is 11. The van der Waals surface area contributed by atoms with Gasteiger partial charge < -0.3 is 19.1 Å². The molecule has 3 aromatic rings. The molecule has 0 aliphatic heterocycles. The summed E-state index contributed by atoms with van der Waals surface area (Å²) in [5.41, 5.74) is 1.97. The van der Waals surface area contributed by atoms with Gasteiger partial charge in [0.2, 0.25) is 0 Å². The molecule has 1 aromatic heterocycles. The highest BCUT2D eigenvalue weighted by atomic mass is 79.9. The number of hydrogen-bond acceptors (Lipinski definition) is 4. The number of likely N-dealkylation sites (N-methyl/N-ethyl adjacent to an activating group) is 2. The molecule has 0 aliphatic rings. The van der Waals surface area contributed by atoms with Gasteiger partial charge in [0.05, 0.1) is 11.0 Å². The lowest BCUT2D eigenvalue weighted by molar-refractivity contribution is 0.223. The van der Waals surface area contributed by atoms with Gasteiger partial charge in [0.1, 0.15) is 12.4 Å². The molecule has 0 amide bonds. The maximum atomic E-state index is 13.2. The second kappa shape index (κ2) is 11.1. The van der Waals surface area contributed by atoms with Crippen LogP contribution in [-0.4, -0.2) is 60.2 Å². The molecule has 0 aliphatic carbocycles. The van der Waals surface area contributed by atoms with E-state index in [4.69, 9.17) is 4.74 Å². The molecular weight excluding hydrogens is 454 g/mol. The van der Waals surface area contributed by atoms with E-state index in [-0.39, 0.29) is 5.43 Å². The molecule has 0 fully saturated rings. The van der Waals surface area contributed by atoms with E-state index >= 15 is 0 Å². The molecule has 168 valence electrons. The van der Waals surface area contributed by atoms with E-state index in [1.54, 1.807) is 0 Å². The number of nitrogens with zero attached hydrogens (tertiary/aromatic N) is 3. The summed E-state index contributed by atoms with van der Waals surface area (Å²) >= 11 is 3.58. The van der Waals surface area contributed by atoms with E-state index in [0.29, 0.717) is 6.61 Å². The molecule has 0 N–H and O–H groups in total. The van der Waals surface area contributed by atoms with Crippen LogP contribution in [0.4, 0.5) is 0 Å². The van der Waals surface area contributed by atoms with E-state index in [1.165, 1.54) is 0 Å². The Morgan fingerprint density at radius 3 is 2.06 bits per heavy atom. The lowest BCUT2D eigenvalue weighted by Gasteiger charge is -2.22. The molecule has 0 unspecified atom stereocenters. The Kier molecular flexibility index (Phi) is 8.52. The molecule has 0 saturated heterocycles. The lowest BCUT2D eigenvalue weighted by atomic mass is 10.1. The Balaban J connectivity index is 2.04. The number of halogens is 1. The van der Waals surface area contributed by atoms with Gasteiger partial charge in [0.15, 0.2) is 5.43 Å². The molecule has 1 heterocycles. The molecule has 31 heavy (non-hydrogen) atoms. The van der Waals surface area contributed by atoms with Gasteiger partial charge in [-0.3, -0.25) is 4.79 Å². The lowest BCUT2D eigenvalue weighted by Crippen LogP contribution is -2.28. The number of benzene rings is 2. The highest BCUT2D eigenvalue weighted by Gasteiger charge is 2.13. The second-order valence-corrected chi connectivity index (χ2v) is 8.64. The van der Waals surface area contributed by atoms with Gasteiger partial charge in [-0.1, -0.05) is 43.6 Å². The standard InChI is InChI=1S/C25H34BrN3O2/c1-5-27(6-2)13-14-29-23-17-19(26)9-11-21(23)25(30)22-12-10-20(18-24(22)29)31-16-15-28(7-3)8-4/h9-12,17-18H,5-8,13-16H2,1-4H3. The van der Waals surface area contributed by atoms with Crippen molar-refractivity contribution in [2.24, 2.45) is 0 Å². The van der Waals surface area contributed by atoms with Gasteiger partial charge in [0, 0.05) is 40.9 Å². The summed E-state index contributed by atoms with van der Waals surface area (Å²) in [4.78, 5) is 17.9. The summed E-state index contributed by atoms with van der Waals surface area (Å²) in [6.07, 6.45) is 0. The van der Waals surface area contributed by atoms with Crippen LogP contribution >= 0.6 is 15.9 Å². The van der Waals surface area contributed by atoms with Crippen LogP contribution in [0, 0.1) is 0 Å². The quantitative estimate of drug-likeness (QED) is 0.357. The summed E-state index contributed by atoms with van der Waals surface area (Å²) in [5, 5.41) is 1.50. The van der Waals surface area contributed by atoms with Crippen molar-refractivity contribution in [2.45, 2.75) is 34.2 Å². The molecule has 0 radical (unpaired) electrons. The Morgan fingerprint density at radius 1 is 0.839 bits per heavy atom. The first-order valence-corrected chi connectivity index (χ1v) is 12.1. The van der Waals surface area contributed by atoms with Crippen molar-refractivity contribution in [2.75, 3.05) is 45.9 Å². The van der Waals surface area contributed by atoms with Gasteiger partial charge in [-0.05, 0) is 56.5 Å². The monoisotopic (exact) mass is 487 g/mol. The fourth-order valence-electron chi connectivity index (χ4n) is 4.07. The Hall–Kier alpha value is -1.89. The van der Waals surface area contributed by atoms with Crippen LogP contribution in [0.25, 0.3) is 21.8 Å². The summed E-state index contributed by atoms with van der Waals surface area (Å²) in [6, 6.07) is 11.8. The fourth-order valence-corrected chi connectivity index (χ4v) is 4.42. The smallest absolute Gasteiger partial charge is 0.197 e. The van der Waals surface area contributed by atoms with E-state index in [0.717, 1.165) is 77.8 Å². The molecule has 2 aromatic carbocycles. The average molecular weight is 488 g/mol. The maximum Gasteiger partial charge on any atom is 0.197 e. The minimum absolute atomic E-state index is 0.0753. The third-order valence-electron chi connectivity index (χ3n) is 6.10. The van der Waals surface area contributed by atoms with Crippen molar-refractivity contribution in [3.63, 3.8) is 0 Å². The van der Waals surface area contributed by atoms with Gasteiger partial charge in [-0.25, -0.2) is 0 Å². The number of ether oxygens (including phenoxy) is 1. The predicted molar refractivity (Wildman–Crippen MR) is 134 cm³/mol. The van der Waals surface area contributed by atoms with Crippen LogP contribution in [0.2, 0.25) is 0 Å². The van der Waals surface area contributed by atoms with E-state index in [2.05, 4.69) is 58.0 Å². The normalized spacial score (nSPS) is 11.8. The highest BCUT2D eigenvalue weighted by Crippen LogP contribution is 2.25. The van der Waals surface area contributed by atoms with Crippen LogP contribution in [0.15, 0.2) is 45.7 Å². The van der Waals surface area contributed by atoms with E-state index < -0.39 is 0 Å². The first-order chi connectivity index (χ1) is 15.0. The zero-order valence-electron chi connectivity index (χ0n) is 19.2. The average Bonchev–Trinajstić information content (AvgIpc) is 2.79. The number of aromatic nitrogens is 1. The third kappa shape index (κ3) is 5.48. The highest BCUT2D eigenvalue weighted by molar-refractivity contribution is 9.10. The first-order valence-electron chi connectivity index (χ1n) is 11.4. The van der Waals surface area contributed by atoms with Gasteiger partial charge in [-0.15, -0.1) is 0 Å². The Morgan fingerprint density at radius 2 is 1.42 bits per heavy atom. The van der Waals surface area contributed by atoms with Crippen molar-refractivity contribution in [1.82, 2.24) is 14.4 Å². The van der Waals surface area contributed by atoms with Crippen molar-refractivity contribution in [1.29, 1.82) is 0 Å². The molecule has 0 spiro atoms. The van der Waals surface area contributed by atoms with Crippen molar-refractivity contribution in [3.8, 4) is 5.75 Å². The SMILES string of the molecule is CCN(CC)CCOc1ccc2c(=O)c3ccc(Br)cc3n(CCN(CC)CC)c2c1. The van der Waals surface area contributed by atoms with Gasteiger partial charge >= 0.3 is 0 Å². The zero-order chi connectivity index (χ0) is 22.4. The van der Waals surface area contributed by atoms with Crippen LogP contribution in [0.5, 0.6) is 5.75 Å².